The van der Waals surface area contributed by atoms with E-state index in [1.54, 1.807) is 48.5 Å². The van der Waals surface area contributed by atoms with Crippen LogP contribution in [0.4, 0.5) is 0 Å². The Bertz CT molecular complexity index is 1360. The zero-order valence-corrected chi connectivity index (χ0v) is 19.3. The van der Waals surface area contributed by atoms with Gasteiger partial charge in [0.1, 0.15) is 17.2 Å². The zero-order valence-electron chi connectivity index (χ0n) is 19.3. The van der Waals surface area contributed by atoms with Crippen molar-refractivity contribution in [1.82, 2.24) is 0 Å². The Morgan fingerprint density at radius 3 is 2.34 bits per heavy atom. The van der Waals surface area contributed by atoms with Crippen LogP contribution in [0.25, 0.3) is 6.08 Å². The lowest BCUT2D eigenvalue weighted by Crippen LogP contribution is -2.21. The van der Waals surface area contributed by atoms with E-state index in [2.05, 4.69) is 0 Å². The lowest BCUT2D eigenvalue weighted by Gasteiger charge is -2.26. The molecule has 1 unspecified atom stereocenters. The van der Waals surface area contributed by atoms with Crippen molar-refractivity contribution in [1.29, 1.82) is 0 Å². The zero-order chi connectivity index (χ0) is 24.7. The SMILES string of the molecule is COc1cc(C=C2Oc3c(ccc4c3C(c3cccc(O)c3)CC(=O)O4)C2=O)cc(OC)c1OC. The van der Waals surface area contributed by atoms with Crippen molar-refractivity contribution in [2.45, 2.75) is 12.3 Å². The lowest BCUT2D eigenvalue weighted by atomic mass is 9.84. The molecule has 1 N–H and O–H groups in total. The van der Waals surface area contributed by atoms with Gasteiger partial charge in [-0.2, -0.15) is 0 Å². The maximum Gasteiger partial charge on any atom is 0.312 e. The van der Waals surface area contributed by atoms with Gasteiger partial charge in [-0.25, -0.2) is 0 Å². The van der Waals surface area contributed by atoms with Crippen LogP contribution in [0.5, 0.6) is 34.5 Å². The van der Waals surface area contributed by atoms with Crippen molar-refractivity contribution in [3.05, 3.63) is 76.5 Å². The van der Waals surface area contributed by atoms with E-state index in [4.69, 9.17) is 23.7 Å². The van der Waals surface area contributed by atoms with Crippen LogP contribution in [0.1, 0.15) is 39.4 Å². The number of aromatic hydroxyl groups is 1. The Balaban J connectivity index is 1.60. The number of phenols is 1. The van der Waals surface area contributed by atoms with Crippen LogP contribution in [-0.4, -0.2) is 38.2 Å². The first-order chi connectivity index (χ1) is 16.9. The number of carbonyl (C=O) groups excluding carboxylic acids is 2. The summed E-state index contributed by atoms with van der Waals surface area (Å²) in [7, 11) is 4.53. The van der Waals surface area contributed by atoms with Crippen LogP contribution in [0.2, 0.25) is 0 Å². The van der Waals surface area contributed by atoms with Gasteiger partial charge in [-0.15, -0.1) is 0 Å². The van der Waals surface area contributed by atoms with Crippen LogP contribution in [0.3, 0.4) is 0 Å². The highest BCUT2D eigenvalue weighted by atomic mass is 16.5. The molecule has 0 bridgehead atoms. The number of hydrogen-bond donors (Lipinski definition) is 1. The van der Waals surface area contributed by atoms with Gasteiger partial charge in [0, 0.05) is 11.5 Å². The molecule has 0 radical (unpaired) electrons. The molecule has 3 aromatic rings. The van der Waals surface area contributed by atoms with Crippen molar-refractivity contribution in [2.24, 2.45) is 0 Å². The molecular formula is C27H22O8. The Morgan fingerprint density at radius 1 is 0.943 bits per heavy atom. The first-order valence-corrected chi connectivity index (χ1v) is 10.8. The Morgan fingerprint density at radius 2 is 1.69 bits per heavy atom. The summed E-state index contributed by atoms with van der Waals surface area (Å²) in [5.74, 6) is 1.02. The van der Waals surface area contributed by atoms with Gasteiger partial charge in [0.15, 0.2) is 17.3 Å². The molecule has 2 aliphatic rings. The average molecular weight is 474 g/mol. The number of ketones is 1. The van der Waals surface area contributed by atoms with Crippen LogP contribution < -0.4 is 23.7 Å². The van der Waals surface area contributed by atoms with E-state index in [1.165, 1.54) is 21.3 Å². The fourth-order valence-corrected chi connectivity index (χ4v) is 4.47. The molecule has 0 fully saturated rings. The Kier molecular flexibility index (Phi) is 5.56. The summed E-state index contributed by atoms with van der Waals surface area (Å²) < 4.78 is 27.7. The third-order valence-electron chi connectivity index (χ3n) is 6.04. The third kappa shape index (κ3) is 3.82. The summed E-state index contributed by atoms with van der Waals surface area (Å²) >= 11 is 0. The highest BCUT2D eigenvalue weighted by Gasteiger charge is 2.38. The summed E-state index contributed by atoms with van der Waals surface area (Å²) in [6.07, 6.45) is 1.65. The highest BCUT2D eigenvalue weighted by Crippen LogP contribution is 2.49. The second-order valence-corrected chi connectivity index (χ2v) is 8.08. The fourth-order valence-electron chi connectivity index (χ4n) is 4.47. The van der Waals surface area contributed by atoms with Crippen molar-refractivity contribution >= 4 is 17.8 Å². The minimum Gasteiger partial charge on any atom is -0.508 e. The molecule has 0 spiro atoms. The molecule has 3 aromatic carbocycles. The predicted molar refractivity (Wildman–Crippen MR) is 126 cm³/mol. The number of Topliss-reactive ketones (excluding diaryl/α,β-unsaturated/α-hetero) is 1. The summed E-state index contributed by atoms with van der Waals surface area (Å²) in [5.41, 5.74) is 2.29. The molecule has 0 aliphatic carbocycles. The van der Waals surface area contributed by atoms with Gasteiger partial charge in [-0.3, -0.25) is 9.59 Å². The van der Waals surface area contributed by atoms with Crippen molar-refractivity contribution in [2.75, 3.05) is 21.3 Å². The molecule has 8 heteroatoms. The molecule has 35 heavy (non-hydrogen) atoms. The van der Waals surface area contributed by atoms with Gasteiger partial charge in [0.05, 0.1) is 33.3 Å². The molecule has 2 aliphatic heterocycles. The van der Waals surface area contributed by atoms with E-state index in [0.29, 0.717) is 45.4 Å². The molecule has 1 atom stereocenters. The topological polar surface area (TPSA) is 101 Å². The number of carbonyl (C=O) groups is 2. The maximum absolute atomic E-state index is 13.3. The Labute approximate surface area is 201 Å². The number of rotatable bonds is 5. The number of fused-ring (bicyclic) bond motifs is 3. The minimum atomic E-state index is -0.443. The molecular weight excluding hydrogens is 452 g/mol. The number of phenolic OH excluding ortho intramolecular Hbond substituents is 1. The van der Waals surface area contributed by atoms with Crippen molar-refractivity contribution in [3.63, 3.8) is 0 Å². The van der Waals surface area contributed by atoms with Crippen molar-refractivity contribution < 1.29 is 38.4 Å². The van der Waals surface area contributed by atoms with Gasteiger partial charge < -0.3 is 28.8 Å². The van der Waals surface area contributed by atoms with Crippen LogP contribution in [0.15, 0.2) is 54.3 Å². The van der Waals surface area contributed by atoms with Gasteiger partial charge in [0.25, 0.3) is 0 Å². The quantitative estimate of drug-likeness (QED) is 0.328. The van der Waals surface area contributed by atoms with E-state index < -0.39 is 11.9 Å². The third-order valence-corrected chi connectivity index (χ3v) is 6.04. The molecule has 0 saturated heterocycles. The summed E-state index contributed by atoms with van der Waals surface area (Å²) in [5, 5.41) is 9.98. The molecule has 8 nitrogen and oxygen atoms in total. The van der Waals surface area contributed by atoms with Gasteiger partial charge in [-0.1, -0.05) is 12.1 Å². The summed E-state index contributed by atoms with van der Waals surface area (Å²) in [6.45, 7) is 0. The van der Waals surface area contributed by atoms with Crippen molar-refractivity contribution in [3.8, 4) is 34.5 Å². The smallest absolute Gasteiger partial charge is 0.312 e. The fraction of sp³-hybridized carbons (Fsp3) is 0.185. The van der Waals surface area contributed by atoms with E-state index in [0.717, 1.165) is 5.56 Å². The van der Waals surface area contributed by atoms with E-state index in [9.17, 15) is 14.7 Å². The molecule has 0 amide bonds. The molecule has 0 aromatic heterocycles. The highest BCUT2D eigenvalue weighted by molar-refractivity contribution is 6.15. The standard InChI is InChI=1S/C27H22O8/c1-31-21-10-14(11-22(32-2)27(21)33-3)9-20-25(30)17-7-8-19-24(26(17)35-20)18(13-23(29)34-19)15-5-4-6-16(28)12-15/h4-12,18,28H,13H2,1-3H3. The number of benzene rings is 3. The van der Waals surface area contributed by atoms with Gasteiger partial charge in [0.2, 0.25) is 11.5 Å². The Hall–Kier alpha value is -4.46. The number of allylic oxidation sites excluding steroid dienone is 1. The number of ether oxygens (including phenoxy) is 5. The first kappa shape index (κ1) is 22.3. The normalized spacial score (nSPS) is 17.3. The molecule has 2 heterocycles. The summed E-state index contributed by atoms with van der Waals surface area (Å²) in [6, 6.07) is 13.3. The predicted octanol–water partition coefficient (Wildman–Crippen LogP) is 4.48. The second kappa shape index (κ2) is 8.72. The first-order valence-electron chi connectivity index (χ1n) is 10.8. The van der Waals surface area contributed by atoms with Gasteiger partial charge >= 0.3 is 5.97 Å². The molecule has 0 saturated carbocycles. The summed E-state index contributed by atoms with van der Waals surface area (Å²) in [4.78, 5) is 25.6. The number of methoxy groups -OCH3 is 3. The molecule has 178 valence electrons. The van der Waals surface area contributed by atoms with E-state index >= 15 is 0 Å². The van der Waals surface area contributed by atoms with Crippen LogP contribution in [-0.2, 0) is 4.79 Å². The van der Waals surface area contributed by atoms with Crippen LogP contribution >= 0.6 is 0 Å². The van der Waals surface area contributed by atoms with Gasteiger partial charge in [-0.05, 0) is 53.6 Å². The van der Waals surface area contributed by atoms with E-state index in [-0.39, 0.29) is 23.7 Å². The largest absolute Gasteiger partial charge is 0.508 e. The minimum absolute atomic E-state index is 0.0520. The number of esters is 1. The molecule has 5 rings (SSSR count). The number of hydrogen-bond acceptors (Lipinski definition) is 8. The lowest BCUT2D eigenvalue weighted by molar-refractivity contribution is -0.135. The average Bonchev–Trinajstić information content (AvgIpc) is 3.17. The van der Waals surface area contributed by atoms with E-state index in [1.807, 2.05) is 6.07 Å². The van der Waals surface area contributed by atoms with Crippen LogP contribution in [0, 0.1) is 0 Å². The monoisotopic (exact) mass is 474 g/mol. The second-order valence-electron chi connectivity index (χ2n) is 8.08. The maximum atomic E-state index is 13.3.